The lowest BCUT2D eigenvalue weighted by Crippen LogP contribution is -2.31. The molecular weight excluding hydrogens is 260 g/mol. The van der Waals surface area contributed by atoms with Gasteiger partial charge in [0.15, 0.2) is 0 Å². The van der Waals surface area contributed by atoms with Crippen LogP contribution in [0, 0.1) is 6.92 Å². The topological polar surface area (TPSA) is 41.1 Å². The van der Waals surface area contributed by atoms with E-state index in [4.69, 9.17) is 0 Å². The fourth-order valence-corrected chi connectivity index (χ4v) is 2.04. The van der Waals surface area contributed by atoms with Gasteiger partial charge in [0, 0.05) is 11.4 Å². The maximum Gasteiger partial charge on any atom is 0.246 e. The van der Waals surface area contributed by atoms with Crippen LogP contribution in [0.1, 0.15) is 25.0 Å². The summed E-state index contributed by atoms with van der Waals surface area (Å²) in [5.41, 5.74) is 4.24. The Labute approximate surface area is 126 Å². The smallest absolute Gasteiger partial charge is 0.246 e. The summed E-state index contributed by atoms with van der Waals surface area (Å²) >= 11 is 0. The molecule has 0 aliphatic carbocycles. The molecule has 0 aliphatic heterocycles. The summed E-state index contributed by atoms with van der Waals surface area (Å²) in [4.78, 5) is 12.2. The first-order valence-electron chi connectivity index (χ1n) is 7.31. The second-order valence-electron chi connectivity index (χ2n) is 5.27. The van der Waals surface area contributed by atoms with E-state index in [0.29, 0.717) is 0 Å². The third-order valence-corrected chi connectivity index (χ3v) is 3.46. The average molecular weight is 282 g/mol. The predicted molar refractivity (Wildman–Crippen MR) is 88.7 cm³/mol. The normalized spacial score (nSPS) is 11.8. The van der Waals surface area contributed by atoms with Crippen molar-refractivity contribution >= 4 is 17.3 Å². The molecule has 21 heavy (non-hydrogen) atoms. The molecule has 2 N–H and O–H groups in total. The fourth-order valence-electron chi connectivity index (χ4n) is 2.04. The maximum atomic E-state index is 12.2. The Morgan fingerprint density at radius 1 is 1.00 bits per heavy atom. The van der Waals surface area contributed by atoms with Gasteiger partial charge in [-0.15, -0.1) is 0 Å². The molecule has 0 saturated heterocycles. The van der Waals surface area contributed by atoms with Crippen LogP contribution in [-0.2, 0) is 11.2 Å². The highest BCUT2D eigenvalue weighted by Crippen LogP contribution is 2.13. The molecular formula is C18H22N2O. The summed E-state index contributed by atoms with van der Waals surface area (Å²) in [7, 11) is 0. The number of nitrogens with one attached hydrogen (secondary N) is 2. The molecule has 0 heterocycles. The minimum Gasteiger partial charge on any atom is -0.374 e. The summed E-state index contributed by atoms with van der Waals surface area (Å²) in [6.07, 6.45) is 1.000. The minimum absolute atomic E-state index is 0.0418. The second kappa shape index (κ2) is 6.93. The van der Waals surface area contributed by atoms with Crippen LogP contribution in [0.4, 0.5) is 11.4 Å². The van der Waals surface area contributed by atoms with Crippen molar-refractivity contribution in [2.45, 2.75) is 33.2 Å². The summed E-state index contributed by atoms with van der Waals surface area (Å²) in [5.74, 6) is -0.0418. The highest BCUT2D eigenvalue weighted by Gasteiger charge is 2.12. The minimum atomic E-state index is -0.293. The van der Waals surface area contributed by atoms with Crippen LogP contribution in [0.25, 0.3) is 0 Å². The molecule has 1 amide bonds. The molecule has 1 atom stereocenters. The van der Waals surface area contributed by atoms with Crippen molar-refractivity contribution < 1.29 is 4.79 Å². The molecule has 2 aromatic carbocycles. The van der Waals surface area contributed by atoms with Crippen molar-refractivity contribution in [3.05, 3.63) is 59.7 Å². The lowest BCUT2D eigenvalue weighted by Gasteiger charge is -2.15. The molecule has 0 aromatic heterocycles. The maximum absolute atomic E-state index is 12.2. The Kier molecular flexibility index (Phi) is 4.99. The van der Waals surface area contributed by atoms with Crippen molar-refractivity contribution in [1.82, 2.24) is 0 Å². The quantitative estimate of drug-likeness (QED) is 0.870. The van der Waals surface area contributed by atoms with Crippen molar-refractivity contribution in [3.63, 3.8) is 0 Å². The Bertz CT molecular complexity index is 588. The van der Waals surface area contributed by atoms with Crippen molar-refractivity contribution in [2.24, 2.45) is 0 Å². The molecule has 0 spiro atoms. The molecule has 2 aromatic rings. The van der Waals surface area contributed by atoms with E-state index >= 15 is 0 Å². The molecule has 3 heteroatoms. The number of rotatable bonds is 5. The third-order valence-electron chi connectivity index (χ3n) is 3.46. The molecule has 0 fully saturated rings. The summed E-state index contributed by atoms with van der Waals surface area (Å²) < 4.78 is 0. The largest absolute Gasteiger partial charge is 0.374 e. The van der Waals surface area contributed by atoms with Crippen LogP contribution >= 0.6 is 0 Å². The van der Waals surface area contributed by atoms with Gasteiger partial charge in [-0.3, -0.25) is 4.79 Å². The zero-order valence-electron chi connectivity index (χ0n) is 12.8. The van der Waals surface area contributed by atoms with Gasteiger partial charge in [-0.1, -0.05) is 36.8 Å². The molecule has 0 unspecified atom stereocenters. The van der Waals surface area contributed by atoms with E-state index in [1.807, 2.05) is 62.4 Å². The van der Waals surface area contributed by atoms with E-state index in [0.717, 1.165) is 17.8 Å². The predicted octanol–water partition coefficient (Wildman–Crippen LogP) is 4.00. The highest BCUT2D eigenvalue weighted by molar-refractivity contribution is 5.96. The number of benzene rings is 2. The number of aryl methyl sites for hydroxylation is 2. The number of carbonyl (C=O) groups excluding carboxylic acids is 1. The summed E-state index contributed by atoms with van der Waals surface area (Å²) in [5, 5.41) is 6.12. The second-order valence-corrected chi connectivity index (χ2v) is 5.27. The molecule has 0 radical (unpaired) electrons. The van der Waals surface area contributed by atoms with E-state index < -0.39 is 0 Å². The van der Waals surface area contributed by atoms with Crippen molar-refractivity contribution in [3.8, 4) is 0 Å². The van der Waals surface area contributed by atoms with Gasteiger partial charge in [0.25, 0.3) is 0 Å². The first-order chi connectivity index (χ1) is 10.1. The third kappa shape index (κ3) is 4.35. The Hall–Kier alpha value is -2.29. The number of anilines is 2. The molecule has 0 aliphatic rings. The SMILES string of the molecule is CCc1ccc(NC(=O)[C@H](C)Nc2ccc(C)cc2)cc1. The van der Waals surface area contributed by atoms with Crippen molar-refractivity contribution in [1.29, 1.82) is 0 Å². The summed E-state index contributed by atoms with van der Waals surface area (Å²) in [6, 6.07) is 15.7. The highest BCUT2D eigenvalue weighted by atomic mass is 16.2. The van der Waals surface area contributed by atoms with Gasteiger partial charge in [-0.25, -0.2) is 0 Å². The van der Waals surface area contributed by atoms with E-state index in [-0.39, 0.29) is 11.9 Å². The number of amides is 1. The summed E-state index contributed by atoms with van der Waals surface area (Å²) in [6.45, 7) is 6.01. The van der Waals surface area contributed by atoms with Gasteiger partial charge < -0.3 is 10.6 Å². The lowest BCUT2D eigenvalue weighted by molar-refractivity contribution is -0.116. The van der Waals surface area contributed by atoms with Crippen LogP contribution in [0.3, 0.4) is 0 Å². The van der Waals surface area contributed by atoms with Crippen LogP contribution in [0.5, 0.6) is 0 Å². The van der Waals surface area contributed by atoms with Crippen molar-refractivity contribution in [2.75, 3.05) is 10.6 Å². The number of carbonyl (C=O) groups is 1. The fraction of sp³-hybridized carbons (Fsp3) is 0.278. The van der Waals surface area contributed by atoms with Gasteiger partial charge in [-0.05, 0) is 50.1 Å². The number of hydrogen-bond acceptors (Lipinski definition) is 2. The van der Waals surface area contributed by atoms with Gasteiger partial charge >= 0.3 is 0 Å². The van der Waals surface area contributed by atoms with E-state index in [2.05, 4.69) is 17.6 Å². The lowest BCUT2D eigenvalue weighted by atomic mass is 10.1. The van der Waals surface area contributed by atoms with Crippen LogP contribution < -0.4 is 10.6 Å². The Morgan fingerprint density at radius 2 is 1.57 bits per heavy atom. The molecule has 3 nitrogen and oxygen atoms in total. The van der Waals surface area contributed by atoms with Gasteiger partial charge in [-0.2, -0.15) is 0 Å². The Morgan fingerprint density at radius 3 is 2.14 bits per heavy atom. The molecule has 110 valence electrons. The molecule has 0 bridgehead atoms. The first kappa shape index (κ1) is 15.1. The van der Waals surface area contributed by atoms with Crippen LogP contribution in [-0.4, -0.2) is 11.9 Å². The zero-order valence-corrected chi connectivity index (χ0v) is 12.8. The first-order valence-corrected chi connectivity index (χ1v) is 7.31. The molecule has 2 rings (SSSR count). The monoisotopic (exact) mass is 282 g/mol. The van der Waals surface area contributed by atoms with Crippen LogP contribution in [0.15, 0.2) is 48.5 Å². The van der Waals surface area contributed by atoms with E-state index in [9.17, 15) is 4.79 Å². The Balaban J connectivity index is 1.93. The molecule has 0 saturated carbocycles. The number of hydrogen-bond donors (Lipinski definition) is 2. The van der Waals surface area contributed by atoms with Gasteiger partial charge in [0.05, 0.1) is 0 Å². The van der Waals surface area contributed by atoms with Gasteiger partial charge in [0.1, 0.15) is 6.04 Å². The zero-order chi connectivity index (χ0) is 15.2. The standard InChI is InChI=1S/C18H22N2O/c1-4-15-7-11-17(12-8-15)20-18(21)14(3)19-16-9-5-13(2)6-10-16/h5-12,14,19H,4H2,1-3H3,(H,20,21)/t14-/m0/s1. The average Bonchev–Trinajstić information content (AvgIpc) is 2.50. The van der Waals surface area contributed by atoms with Crippen LogP contribution in [0.2, 0.25) is 0 Å². The van der Waals surface area contributed by atoms with E-state index in [1.54, 1.807) is 0 Å². The van der Waals surface area contributed by atoms with E-state index in [1.165, 1.54) is 11.1 Å². The van der Waals surface area contributed by atoms with Gasteiger partial charge in [0.2, 0.25) is 5.91 Å².